The maximum absolute atomic E-state index is 11.0. The largest absolute Gasteiger partial charge is 0.481 e. The Labute approximate surface area is 91.6 Å². The van der Waals surface area contributed by atoms with Crippen LogP contribution >= 0.6 is 0 Å². The van der Waals surface area contributed by atoms with Gasteiger partial charge in [-0.3, -0.25) is 4.79 Å². The molecular formula is C11H22N2O2. The van der Waals surface area contributed by atoms with Gasteiger partial charge < -0.3 is 15.3 Å². The molecule has 88 valence electrons. The number of aliphatic carboxylic acids is 1. The van der Waals surface area contributed by atoms with Crippen LogP contribution in [0.4, 0.5) is 0 Å². The standard InChI is InChI=1S/C11H22N2O2/c1-3-5-13-7-9(11(14)15)6-10(8-13)12-4-2/h9-10,12H,3-8H2,1-2H3,(H,14,15). The Morgan fingerprint density at radius 1 is 1.47 bits per heavy atom. The highest BCUT2D eigenvalue weighted by molar-refractivity contribution is 5.70. The maximum Gasteiger partial charge on any atom is 0.307 e. The summed E-state index contributed by atoms with van der Waals surface area (Å²) in [5.41, 5.74) is 0. The summed E-state index contributed by atoms with van der Waals surface area (Å²) in [6, 6.07) is 0.344. The summed E-state index contributed by atoms with van der Waals surface area (Å²) in [4.78, 5) is 13.3. The molecule has 4 nitrogen and oxygen atoms in total. The molecule has 2 unspecified atom stereocenters. The van der Waals surface area contributed by atoms with Crippen LogP contribution in [0.3, 0.4) is 0 Å². The van der Waals surface area contributed by atoms with Crippen LogP contribution in [0.25, 0.3) is 0 Å². The number of carbonyl (C=O) groups is 1. The van der Waals surface area contributed by atoms with E-state index >= 15 is 0 Å². The van der Waals surface area contributed by atoms with Crippen LogP contribution in [0.1, 0.15) is 26.7 Å². The second-order valence-electron chi connectivity index (χ2n) is 4.29. The summed E-state index contributed by atoms with van der Waals surface area (Å²) >= 11 is 0. The number of nitrogens with zero attached hydrogens (tertiary/aromatic N) is 1. The van der Waals surface area contributed by atoms with E-state index in [2.05, 4.69) is 24.1 Å². The zero-order chi connectivity index (χ0) is 11.3. The monoisotopic (exact) mass is 214 g/mol. The molecule has 0 radical (unpaired) electrons. The van der Waals surface area contributed by atoms with Crippen LogP contribution < -0.4 is 5.32 Å². The number of nitrogens with one attached hydrogen (secondary N) is 1. The molecule has 0 aliphatic carbocycles. The minimum Gasteiger partial charge on any atom is -0.481 e. The van der Waals surface area contributed by atoms with Crippen molar-refractivity contribution in [2.45, 2.75) is 32.7 Å². The molecule has 4 heteroatoms. The van der Waals surface area contributed by atoms with Gasteiger partial charge in [0.15, 0.2) is 0 Å². The molecule has 2 N–H and O–H groups in total. The molecule has 0 aromatic heterocycles. The van der Waals surface area contributed by atoms with Crippen molar-refractivity contribution in [2.75, 3.05) is 26.2 Å². The molecule has 0 bridgehead atoms. The van der Waals surface area contributed by atoms with Crippen molar-refractivity contribution in [3.05, 3.63) is 0 Å². The third-order valence-corrected chi connectivity index (χ3v) is 2.91. The first-order chi connectivity index (χ1) is 7.17. The van der Waals surface area contributed by atoms with Gasteiger partial charge in [-0.25, -0.2) is 0 Å². The molecule has 15 heavy (non-hydrogen) atoms. The Morgan fingerprint density at radius 3 is 2.73 bits per heavy atom. The van der Waals surface area contributed by atoms with Gasteiger partial charge in [0.25, 0.3) is 0 Å². The van der Waals surface area contributed by atoms with Gasteiger partial charge in [-0.2, -0.15) is 0 Å². The third kappa shape index (κ3) is 3.80. The Balaban J connectivity index is 2.51. The number of carboxylic acid groups (broad SMARTS) is 1. The average molecular weight is 214 g/mol. The lowest BCUT2D eigenvalue weighted by atomic mass is 9.94. The number of carboxylic acids is 1. The predicted molar refractivity (Wildman–Crippen MR) is 59.9 cm³/mol. The van der Waals surface area contributed by atoms with E-state index in [0.29, 0.717) is 12.6 Å². The first-order valence-electron chi connectivity index (χ1n) is 5.85. The molecule has 1 aliphatic heterocycles. The summed E-state index contributed by atoms with van der Waals surface area (Å²) < 4.78 is 0. The molecule has 1 heterocycles. The van der Waals surface area contributed by atoms with E-state index in [1.807, 2.05) is 0 Å². The van der Waals surface area contributed by atoms with Gasteiger partial charge in [-0.1, -0.05) is 13.8 Å². The highest BCUT2D eigenvalue weighted by atomic mass is 16.4. The summed E-state index contributed by atoms with van der Waals surface area (Å²) in [5, 5.41) is 12.4. The molecule has 1 aliphatic rings. The second-order valence-corrected chi connectivity index (χ2v) is 4.29. The Hall–Kier alpha value is -0.610. The smallest absolute Gasteiger partial charge is 0.307 e. The normalized spacial score (nSPS) is 27.9. The zero-order valence-electron chi connectivity index (χ0n) is 9.70. The lowest BCUT2D eigenvalue weighted by Gasteiger charge is -2.36. The van der Waals surface area contributed by atoms with Crippen LogP contribution in [-0.4, -0.2) is 48.2 Å². The Morgan fingerprint density at radius 2 is 2.20 bits per heavy atom. The first-order valence-corrected chi connectivity index (χ1v) is 5.85. The number of likely N-dealkylation sites (N-methyl/N-ethyl adjacent to an activating group) is 1. The molecule has 1 fully saturated rings. The van der Waals surface area contributed by atoms with E-state index in [-0.39, 0.29) is 5.92 Å². The molecule has 0 spiro atoms. The van der Waals surface area contributed by atoms with Crippen LogP contribution in [0.5, 0.6) is 0 Å². The van der Waals surface area contributed by atoms with E-state index in [9.17, 15) is 4.79 Å². The second kappa shape index (κ2) is 6.08. The Kier molecular flexibility index (Phi) is 5.05. The number of hydrogen-bond acceptors (Lipinski definition) is 3. The molecule has 0 amide bonds. The molecular weight excluding hydrogens is 192 g/mol. The topological polar surface area (TPSA) is 52.6 Å². The highest BCUT2D eigenvalue weighted by Crippen LogP contribution is 2.17. The highest BCUT2D eigenvalue weighted by Gasteiger charge is 2.30. The van der Waals surface area contributed by atoms with Gasteiger partial charge >= 0.3 is 5.97 Å². The van der Waals surface area contributed by atoms with Crippen molar-refractivity contribution >= 4 is 5.97 Å². The van der Waals surface area contributed by atoms with Crippen molar-refractivity contribution in [1.29, 1.82) is 0 Å². The fourth-order valence-corrected chi connectivity index (χ4v) is 2.30. The van der Waals surface area contributed by atoms with Crippen LogP contribution in [0.15, 0.2) is 0 Å². The predicted octanol–water partition coefficient (Wildman–Crippen LogP) is 0.781. The summed E-state index contributed by atoms with van der Waals surface area (Å²) in [5.74, 6) is -0.854. The van der Waals surface area contributed by atoms with Crippen molar-refractivity contribution in [3.8, 4) is 0 Å². The summed E-state index contributed by atoms with van der Waals surface area (Å²) in [6.45, 7) is 7.82. The van der Waals surface area contributed by atoms with Crippen molar-refractivity contribution in [3.63, 3.8) is 0 Å². The van der Waals surface area contributed by atoms with Crippen molar-refractivity contribution in [1.82, 2.24) is 10.2 Å². The fourth-order valence-electron chi connectivity index (χ4n) is 2.30. The molecule has 0 aromatic carbocycles. The van der Waals surface area contributed by atoms with E-state index in [0.717, 1.165) is 32.5 Å². The van der Waals surface area contributed by atoms with E-state index < -0.39 is 5.97 Å². The SMILES string of the molecule is CCCN1CC(NCC)CC(C(=O)O)C1. The fraction of sp³-hybridized carbons (Fsp3) is 0.909. The quantitative estimate of drug-likeness (QED) is 0.710. The molecule has 0 aromatic rings. The number of likely N-dealkylation sites (tertiary alicyclic amines) is 1. The van der Waals surface area contributed by atoms with Crippen LogP contribution in [0, 0.1) is 5.92 Å². The van der Waals surface area contributed by atoms with E-state index in [4.69, 9.17) is 5.11 Å². The van der Waals surface area contributed by atoms with Gasteiger partial charge in [0, 0.05) is 19.1 Å². The number of rotatable bonds is 5. The molecule has 2 atom stereocenters. The first kappa shape index (κ1) is 12.5. The van der Waals surface area contributed by atoms with Crippen LogP contribution in [0.2, 0.25) is 0 Å². The van der Waals surface area contributed by atoms with Gasteiger partial charge in [-0.15, -0.1) is 0 Å². The summed E-state index contributed by atoms with van der Waals surface area (Å²) in [7, 11) is 0. The number of hydrogen-bond donors (Lipinski definition) is 2. The molecule has 0 saturated carbocycles. The lowest BCUT2D eigenvalue weighted by molar-refractivity contribution is -0.144. The number of piperidine rings is 1. The van der Waals surface area contributed by atoms with Gasteiger partial charge in [-0.05, 0) is 25.9 Å². The minimum absolute atomic E-state index is 0.200. The maximum atomic E-state index is 11.0. The van der Waals surface area contributed by atoms with E-state index in [1.165, 1.54) is 0 Å². The van der Waals surface area contributed by atoms with Gasteiger partial charge in [0.2, 0.25) is 0 Å². The Bertz CT molecular complexity index is 195. The molecule has 1 saturated heterocycles. The molecule has 1 rings (SSSR count). The van der Waals surface area contributed by atoms with E-state index in [1.54, 1.807) is 0 Å². The third-order valence-electron chi connectivity index (χ3n) is 2.91. The average Bonchev–Trinajstić information content (AvgIpc) is 2.18. The zero-order valence-corrected chi connectivity index (χ0v) is 9.70. The van der Waals surface area contributed by atoms with Crippen molar-refractivity contribution in [2.24, 2.45) is 5.92 Å². The van der Waals surface area contributed by atoms with Crippen LogP contribution in [-0.2, 0) is 4.79 Å². The minimum atomic E-state index is -0.654. The van der Waals surface area contributed by atoms with Crippen molar-refractivity contribution < 1.29 is 9.90 Å². The van der Waals surface area contributed by atoms with Gasteiger partial charge in [0.05, 0.1) is 5.92 Å². The van der Waals surface area contributed by atoms with Gasteiger partial charge in [0.1, 0.15) is 0 Å². The summed E-state index contributed by atoms with van der Waals surface area (Å²) in [6.07, 6.45) is 1.86. The lowest BCUT2D eigenvalue weighted by Crippen LogP contribution is -2.51.